The van der Waals surface area contributed by atoms with Gasteiger partial charge in [-0.05, 0) is 24.3 Å². The van der Waals surface area contributed by atoms with Crippen molar-refractivity contribution in [3.8, 4) is 17.8 Å². The van der Waals surface area contributed by atoms with Gasteiger partial charge in [-0.3, -0.25) is 5.43 Å². The molecule has 1 aromatic heterocycles. The van der Waals surface area contributed by atoms with Crippen LogP contribution in [-0.2, 0) is 0 Å². The van der Waals surface area contributed by atoms with E-state index in [1.54, 1.807) is 53.5 Å². The molecule has 2 aromatic rings. The Morgan fingerprint density at radius 3 is 2.74 bits per heavy atom. The number of nitrogens with one attached hydrogen (secondary N) is 1. The van der Waals surface area contributed by atoms with Crippen LogP contribution in [-0.4, -0.2) is 15.5 Å². The zero-order valence-electron chi connectivity index (χ0n) is 9.58. The highest BCUT2D eigenvalue weighted by molar-refractivity contribution is 6.32. The molecule has 0 aliphatic rings. The lowest BCUT2D eigenvalue weighted by molar-refractivity contribution is 0.881. The second kappa shape index (κ2) is 5.67. The molecule has 0 radical (unpaired) electrons. The van der Waals surface area contributed by atoms with Crippen LogP contribution < -0.4 is 5.43 Å². The molecular formula is C12H7ClN6. The molecular weight excluding hydrogens is 264 g/mol. The van der Waals surface area contributed by atoms with Gasteiger partial charge < -0.3 is 0 Å². The first kappa shape index (κ1) is 12.6. The van der Waals surface area contributed by atoms with E-state index in [4.69, 9.17) is 22.1 Å². The van der Waals surface area contributed by atoms with Gasteiger partial charge in [0, 0.05) is 12.4 Å². The van der Waals surface area contributed by atoms with Crippen LogP contribution in [0.3, 0.4) is 0 Å². The molecule has 19 heavy (non-hydrogen) atoms. The number of halogens is 1. The maximum Gasteiger partial charge on any atom is 0.237 e. The molecule has 0 aliphatic carbocycles. The number of nitrogens with zero attached hydrogens (tertiary/aromatic N) is 5. The Morgan fingerprint density at radius 2 is 2.16 bits per heavy atom. The molecule has 0 amide bonds. The Balaban J connectivity index is 2.24. The summed E-state index contributed by atoms with van der Waals surface area (Å²) in [6.07, 6.45) is 3.43. The molecule has 0 saturated heterocycles. The molecule has 0 saturated carbocycles. The van der Waals surface area contributed by atoms with Crippen molar-refractivity contribution in [2.45, 2.75) is 0 Å². The molecule has 0 bridgehead atoms. The fourth-order valence-corrected chi connectivity index (χ4v) is 1.64. The highest BCUT2D eigenvalue weighted by Gasteiger charge is 2.04. The SMILES string of the molecule is N#CC(C#N)=NNc1ccc(-n2cccn2)c(Cl)c1. The van der Waals surface area contributed by atoms with Crippen LogP contribution in [0.25, 0.3) is 5.69 Å². The second-order valence-electron chi connectivity index (χ2n) is 3.41. The van der Waals surface area contributed by atoms with Crippen LogP contribution in [0, 0.1) is 22.7 Å². The van der Waals surface area contributed by atoms with Crippen molar-refractivity contribution in [1.29, 1.82) is 10.5 Å². The van der Waals surface area contributed by atoms with Gasteiger partial charge in [-0.15, -0.1) is 0 Å². The molecule has 0 fully saturated rings. The molecule has 1 aromatic carbocycles. The van der Waals surface area contributed by atoms with E-state index in [9.17, 15) is 0 Å². The lowest BCUT2D eigenvalue weighted by Gasteiger charge is -2.06. The summed E-state index contributed by atoms with van der Waals surface area (Å²) in [6, 6.07) is 10.2. The fraction of sp³-hybridized carbons (Fsp3) is 0. The normalized spacial score (nSPS) is 9.21. The molecule has 2 rings (SSSR count). The van der Waals surface area contributed by atoms with E-state index >= 15 is 0 Å². The van der Waals surface area contributed by atoms with Crippen LogP contribution in [0.2, 0.25) is 5.02 Å². The van der Waals surface area contributed by atoms with Crippen molar-refractivity contribution < 1.29 is 0 Å². The van der Waals surface area contributed by atoms with Gasteiger partial charge in [-0.2, -0.15) is 20.7 Å². The predicted octanol–water partition coefficient (Wildman–Crippen LogP) is 2.34. The minimum absolute atomic E-state index is 0.257. The summed E-state index contributed by atoms with van der Waals surface area (Å²) in [5, 5.41) is 25.3. The summed E-state index contributed by atoms with van der Waals surface area (Å²) in [5.74, 6) is 0. The van der Waals surface area contributed by atoms with E-state index in [1.165, 1.54) is 0 Å². The van der Waals surface area contributed by atoms with E-state index in [1.807, 2.05) is 0 Å². The molecule has 1 N–H and O–H groups in total. The summed E-state index contributed by atoms with van der Waals surface area (Å²) in [4.78, 5) is 0. The minimum Gasteiger partial charge on any atom is -0.276 e. The predicted molar refractivity (Wildman–Crippen MR) is 70.9 cm³/mol. The number of aromatic nitrogens is 2. The maximum atomic E-state index is 8.55. The third-order valence-corrected chi connectivity index (χ3v) is 2.51. The van der Waals surface area contributed by atoms with Crippen molar-refractivity contribution in [2.75, 3.05) is 5.43 Å². The van der Waals surface area contributed by atoms with Crippen LogP contribution in [0.15, 0.2) is 41.8 Å². The van der Waals surface area contributed by atoms with Gasteiger partial charge in [0.2, 0.25) is 5.71 Å². The summed E-state index contributed by atoms with van der Waals surface area (Å²) < 4.78 is 1.63. The molecule has 1 heterocycles. The molecule has 0 aliphatic heterocycles. The quantitative estimate of drug-likeness (QED) is 0.685. The van der Waals surface area contributed by atoms with Crippen molar-refractivity contribution in [2.24, 2.45) is 5.10 Å². The van der Waals surface area contributed by atoms with E-state index in [0.29, 0.717) is 10.7 Å². The average molecular weight is 271 g/mol. The largest absolute Gasteiger partial charge is 0.276 e. The Hall–Kier alpha value is -2.83. The van der Waals surface area contributed by atoms with Gasteiger partial charge in [0.1, 0.15) is 12.1 Å². The van der Waals surface area contributed by atoms with Gasteiger partial charge in [-0.25, -0.2) is 4.68 Å². The van der Waals surface area contributed by atoms with Gasteiger partial charge in [-0.1, -0.05) is 11.6 Å². The van der Waals surface area contributed by atoms with Crippen molar-refractivity contribution in [3.63, 3.8) is 0 Å². The van der Waals surface area contributed by atoms with E-state index in [2.05, 4.69) is 15.6 Å². The van der Waals surface area contributed by atoms with Crippen LogP contribution in [0.4, 0.5) is 5.69 Å². The molecule has 6 nitrogen and oxygen atoms in total. The Kier molecular flexibility index (Phi) is 3.77. The molecule has 7 heteroatoms. The third kappa shape index (κ3) is 2.89. The first-order chi connectivity index (χ1) is 9.24. The van der Waals surface area contributed by atoms with E-state index in [-0.39, 0.29) is 5.71 Å². The number of nitriles is 2. The smallest absolute Gasteiger partial charge is 0.237 e. The van der Waals surface area contributed by atoms with Crippen LogP contribution in [0.1, 0.15) is 0 Å². The molecule has 0 atom stereocenters. The zero-order chi connectivity index (χ0) is 13.7. The molecule has 0 unspecified atom stereocenters. The van der Waals surface area contributed by atoms with Gasteiger partial charge in [0.25, 0.3) is 0 Å². The van der Waals surface area contributed by atoms with Gasteiger partial charge in [0.15, 0.2) is 0 Å². The highest BCUT2D eigenvalue weighted by Crippen LogP contribution is 2.23. The van der Waals surface area contributed by atoms with Crippen molar-refractivity contribution >= 4 is 23.0 Å². The standard InChI is InChI=1S/C12H7ClN6/c13-11-6-9(17-18-10(7-14)8-15)2-3-12(11)19-5-1-4-16-19/h1-6,17H. The lowest BCUT2D eigenvalue weighted by Crippen LogP contribution is -1.98. The average Bonchev–Trinajstić information content (AvgIpc) is 2.94. The number of benzene rings is 1. The van der Waals surface area contributed by atoms with Gasteiger partial charge in [0.05, 0.1) is 16.4 Å². The Labute approximate surface area is 114 Å². The zero-order valence-corrected chi connectivity index (χ0v) is 10.3. The Morgan fingerprint density at radius 1 is 1.37 bits per heavy atom. The summed E-state index contributed by atoms with van der Waals surface area (Å²) >= 11 is 6.12. The number of hydrogen-bond acceptors (Lipinski definition) is 5. The topological polar surface area (TPSA) is 89.8 Å². The van der Waals surface area contributed by atoms with E-state index in [0.717, 1.165) is 5.69 Å². The number of hydrazone groups is 1. The maximum absolute atomic E-state index is 8.55. The number of anilines is 1. The van der Waals surface area contributed by atoms with Crippen molar-refractivity contribution in [3.05, 3.63) is 41.7 Å². The summed E-state index contributed by atoms with van der Waals surface area (Å²) in [7, 11) is 0. The van der Waals surface area contributed by atoms with Crippen LogP contribution in [0.5, 0.6) is 0 Å². The third-order valence-electron chi connectivity index (χ3n) is 2.21. The lowest BCUT2D eigenvalue weighted by atomic mass is 10.3. The summed E-state index contributed by atoms with van der Waals surface area (Å²) in [5.41, 5.74) is 3.63. The molecule has 92 valence electrons. The number of rotatable bonds is 3. The first-order valence-corrected chi connectivity index (χ1v) is 5.56. The molecule has 0 spiro atoms. The minimum atomic E-state index is -0.257. The van der Waals surface area contributed by atoms with Gasteiger partial charge >= 0.3 is 0 Å². The second-order valence-corrected chi connectivity index (χ2v) is 3.82. The first-order valence-electron chi connectivity index (χ1n) is 5.18. The monoisotopic (exact) mass is 270 g/mol. The van der Waals surface area contributed by atoms with E-state index < -0.39 is 0 Å². The fourth-order valence-electron chi connectivity index (χ4n) is 1.37. The van der Waals surface area contributed by atoms with Crippen molar-refractivity contribution in [1.82, 2.24) is 9.78 Å². The van der Waals surface area contributed by atoms with Crippen LogP contribution >= 0.6 is 11.6 Å². The Bertz CT molecular complexity index is 674. The summed E-state index contributed by atoms with van der Waals surface area (Å²) in [6.45, 7) is 0. The highest BCUT2D eigenvalue weighted by atomic mass is 35.5. The number of hydrogen-bond donors (Lipinski definition) is 1.